The fraction of sp³-hybridized carbons (Fsp3) is 0.545. The molecule has 0 radical (unpaired) electrons. The minimum Gasteiger partial charge on any atom is -0.269 e. The van der Waals surface area contributed by atoms with Crippen LogP contribution < -0.4 is 4.72 Å². The van der Waals surface area contributed by atoms with Gasteiger partial charge in [-0.15, -0.1) is 0 Å². The zero-order valence-electron chi connectivity index (χ0n) is 10.8. The van der Waals surface area contributed by atoms with Crippen LogP contribution in [0.1, 0.15) is 25.3 Å². The van der Waals surface area contributed by atoms with Gasteiger partial charge in [-0.3, -0.25) is 4.72 Å². The van der Waals surface area contributed by atoms with Crippen molar-refractivity contribution in [1.29, 1.82) is 0 Å². The van der Waals surface area contributed by atoms with Gasteiger partial charge in [0.05, 0.1) is 11.9 Å². The molecular formula is C11H18BrN3O2S. The lowest BCUT2D eigenvalue weighted by Crippen LogP contribution is -2.33. The fourth-order valence-corrected chi connectivity index (χ4v) is 2.49. The van der Waals surface area contributed by atoms with Crippen LogP contribution in [0.25, 0.3) is 0 Å². The van der Waals surface area contributed by atoms with E-state index in [0.29, 0.717) is 16.8 Å². The second-order valence-corrected chi connectivity index (χ2v) is 6.64. The average molecular weight is 336 g/mol. The molecule has 7 heteroatoms. The van der Waals surface area contributed by atoms with Gasteiger partial charge < -0.3 is 0 Å². The molecule has 0 amide bonds. The van der Waals surface area contributed by atoms with E-state index >= 15 is 0 Å². The molecule has 0 aromatic carbocycles. The first-order chi connectivity index (χ1) is 8.36. The molecule has 0 spiro atoms. The topological polar surface area (TPSA) is 62.3 Å². The van der Waals surface area contributed by atoms with Crippen LogP contribution in [0.4, 0.5) is 5.69 Å². The Bertz CT molecular complexity index is 505. The largest absolute Gasteiger partial charge is 0.301 e. The molecule has 1 heterocycles. The molecule has 0 unspecified atom stereocenters. The molecule has 1 rings (SSSR count). The maximum atomic E-state index is 12.0. The molecule has 102 valence electrons. The van der Waals surface area contributed by atoms with E-state index in [1.165, 1.54) is 10.5 Å². The summed E-state index contributed by atoms with van der Waals surface area (Å²) in [6.07, 6.45) is 3.29. The molecule has 1 N–H and O–H groups in total. The van der Waals surface area contributed by atoms with Crippen molar-refractivity contribution in [2.75, 3.05) is 18.3 Å². The molecule has 0 bridgehead atoms. The number of hydrogen-bond donors (Lipinski definition) is 1. The number of nitrogens with one attached hydrogen (secondary N) is 1. The summed E-state index contributed by atoms with van der Waals surface area (Å²) in [7, 11) is -1.92. The number of nitrogens with zero attached hydrogens (tertiary/aromatic N) is 2. The summed E-state index contributed by atoms with van der Waals surface area (Å²) in [5, 5.41) is 0. The van der Waals surface area contributed by atoms with Gasteiger partial charge in [-0.25, -0.2) is 4.98 Å². The van der Waals surface area contributed by atoms with Crippen LogP contribution >= 0.6 is 15.9 Å². The number of aryl methyl sites for hydroxylation is 1. The lowest BCUT2D eigenvalue weighted by Gasteiger charge is -2.18. The zero-order valence-corrected chi connectivity index (χ0v) is 13.2. The maximum Gasteiger partial charge on any atom is 0.301 e. The van der Waals surface area contributed by atoms with Crippen molar-refractivity contribution < 1.29 is 8.42 Å². The van der Waals surface area contributed by atoms with Crippen LogP contribution in [-0.2, 0) is 10.2 Å². The summed E-state index contributed by atoms with van der Waals surface area (Å²) in [6.45, 7) is 4.39. The molecule has 5 nitrogen and oxygen atoms in total. The van der Waals surface area contributed by atoms with Gasteiger partial charge >= 0.3 is 10.2 Å². The minimum absolute atomic E-state index is 0.471. The number of anilines is 1. The minimum atomic E-state index is -3.49. The van der Waals surface area contributed by atoms with Gasteiger partial charge in [0.1, 0.15) is 4.60 Å². The van der Waals surface area contributed by atoms with Gasteiger partial charge in [0.15, 0.2) is 0 Å². The first kappa shape index (κ1) is 15.4. The monoisotopic (exact) mass is 335 g/mol. The highest BCUT2D eigenvalue weighted by Gasteiger charge is 2.17. The molecule has 0 aliphatic heterocycles. The second-order valence-electron chi connectivity index (χ2n) is 4.11. The summed E-state index contributed by atoms with van der Waals surface area (Å²) in [5.41, 5.74) is 1.35. The quantitative estimate of drug-likeness (QED) is 0.812. The Morgan fingerprint density at radius 3 is 2.72 bits per heavy atom. The van der Waals surface area contributed by atoms with Gasteiger partial charge in [-0.05, 0) is 40.9 Å². The van der Waals surface area contributed by atoms with Gasteiger partial charge in [0, 0.05) is 13.6 Å². The van der Waals surface area contributed by atoms with Crippen LogP contribution in [0.15, 0.2) is 16.9 Å². The van der Waals surface area contributed by atoms with E-state index in [1.54, 1.807) is 13.1 Å². The van der Waals surface area contributed by atoms with Crippen molar-refractivity contribution in [3.8, 4) is 0 Å². The first-order valence-corrected chi connectivity index (χ1v) is 7.96. The molecule has 0 fully saturated rings. The Morgan fingerprint density at radius 1 is 1.50 bits per heavy atom. The molecule has 0 aliphatic rings. The Labute approximate surface area is 117 Å². The smallest absolute Gasteiger partial charge is 0.269 e. The van der Waals surface area contributed by atoms with Gasteiger partial charge in [-0.1, -0.05) is 13.3 Å². The summed E-state index contributed by atoms with van der Waals surface area (Å²) in [4.78, 5) is 4.06. The molecule has 0 saturated carbocycles. The first-order valence-electron chi connectivity index (χ1n) is 5.73. The van der Waals surface area contributed by atoms with Crippen molar-refractivity contribution >= 4 is 31.8 Å². The second kappa shape index (κ2) is 6.49. The third-order valence-electron chi connectivity index (χ3n) is 2.50. The highest BCUT2D eigenvalue weighted by atomic mass is 79.9. The van der Waals surface area contributed by atoms with Crippen LogP contribution in [0, 0.1) is 6.92 Å². The van der Waals surface area contributed by atoms with Crippen LogP contribution in [-0.4, -0.2) is 31.3 Å². The van der Waals surface area contributed by atoms with Crippen molar-refractivity contribution in [3.63, 3.8) is 0 Å². The predicted octanol–water partition coefficient (Wildman–Crippen LogP) is 2.54. The van der Waals surface area contributed by atoms with E-state index in [-0.39, 0.29) is 0 Å². The Hall–Kier alpha value is -0.660. The molecule has 0 saturated heterocycles. The molecule has 0 aliphatic carbocycles. The van der Waals surface area contributed by atoms with E-state index in [2.05, 4.69) is 25.6 Å². The van der Waals surface area contributed by atoms with Crippen LogP contribution in [0.3, 0.4) is 0 Å². The average Bonchev–Trinajstić information content (AvgIpc) is 2.30. The van der Waals surface area contributed by atoms with Crippen LogP contribution in [0.5, 0.6) is 0 Å². The molecule has 1 aromatic rings. The SMILES string of the molecule is CCCCN(C)S(=O)(=O)Nc1cnc(Br)c(C)c1. The highest BCUT2D eigenvalue weighted by Crippen LogP contribution is 2.18. The number of halogens is 1. The van der Waals surface area contributed by atoms with Gasteiger partial charge in [-0.2, -0.15) is 12.7 Å². The number of unbranched alkanes of at least 4 members (excludes halogenated alkanes) is 1. The van der Waals surface area contributed by atoms with Crippen LogP contribution in [0.2, 0.25) is 0 Å². The number of hydrogen-bond acceptors (Lipinski definition) is 3. The van der Waals surface area contributed by atoms with Crippen molar-refractivity contribution in [3.05, 3.63) is 22.4 Å². The van der Waals surface area contributed by atoms with Crippen molar-refractivity contribution in [2.24, 2.45) is 0 Å². The predicted molar refractivity (Wildman–Crippen MR) is 76.8 cm³/mol. The lowest BCUT2D eigenvalue weighted by atomic mass is 10.3. The highest BCUT2D eigenvalue weighted by molar-refractivity contribution is 9.10. The summed E-state index contributed by atoms with van der Waals surface area (Å²) >= 11 is 3.27. The lowest BCUT2D eigenvalue weighted by molar-refractivity contribution is 0.463. The zero-order chi connectivity index (χ0) is 13.8. The summed E-state index contributed by atoms with van der Waals surface area (Å²) in [5.74, 6) is 0. The Balaban J connectivity index is 2.78. The summed E-state index contributed by atoms with van der Waals surface area (Å²) < 4.78 is 28.5. The van der Waals surface area contributed by atoms with E-state index in [4.69, 9.17) is 0 Å². The van der Waals surface area contributed by atoms with E-state index in [1.807, 2.05) is 13.8 Å². The summed E-state index contributed by atoms with van der Waals surface area (Å²) in [6, 6.07) is 1.74. The third-order valence-corrected chi connectivity index (χ3v) is 4.83. The van der Waals surface area contributed by atoms with Crippen molar-refractivity contribution in [1.82, 2.24) is 9.29 Å². The van der Waals surface area contributed by atoms with Gasteiger partial charge in [0.2, 0.25) is 0 Å². The number of pyridine rings is 1. The fourth-order valence-electron chi connectivity index (χ4n) is 1.34. The molecule has 18 heavy (non-hydrogen) atoms. The number of rotatable bonds is 6. The molecular weight excluding hydrogens is 318 g/mol. The third kappa shape index (κ3) is 4.22. The molecule has 0 atom stereocenters. The normalized spacial score (nSPS) is 11.8. The molecule has 1 aromatic heterocycles. The van der Waals surface area contributed by atoms with E-state index < -0.39 is 10.2 Å². The van der Waals surface area contributed by atoms with Gasteiger partial charge in [0.25, 0.3) is 0 Å². The van der Waals surface area contributed by atoms with Crippen molar-refractivity contribution in [2.45, 2.75) is 26.7 Å². The van der Waals surface area contributed by atoms with E-state index in [0.717, 1.165) is 18.4 Å². The Morgan fingerprint density at radius 2 is 2.17 bits per heavy atom. The van der Waals surface area contributed by atoms with E-state index in [9.17, 15) is 8.42 Å². The standard InChI is InChI=1S/C11H18BrN3O2S/c1-4-5-6-15(3)18(16,17)14-10-7-9(2)11(12)13-8-10/h7-8,14H,4-6H2,1-3H3. The Kier molecular flexibility index (Phi) is 5.55. The maximum absolute atomic E-state index is 12.0. The number of aromatic nitrogens is 1.